The van der Waals surface area contributed by atoms with Gasteiger partial charge in [0, 0.05) is 13.1 Å². The SMILES string of the molecule is Cc1nnn2c1COC(CNCc1cccc(C#N)c1)C2. The lowest BCUT2D eigenvalue weighted by Gasteiger charge is -2.24. The molecule has 0 amide bonds. The number of fused-ring (bicyclic) bond motifs is 1. The molecule has 1 N–H and O–H groups in total. The highest BCUT2D eigenvalue weighted by Crippen LogP contribution is 2.14. The van der Waals surface area contributed by atoms with Crippen molar-refractivity contribution in [3.63, 3.8) is 0 Å². The number of nitriles is 1. The van der Waals surface area contributed by atoms with E-state index < -0.39 is 0 Å². The maximum absolute atomic E-state index is 8.88. The van der Waals surface area contributed by atoms with Crippen LogP contribution in [0.2, 0.25) is 0 Å². The van der Waals surface area contributed by atoms with E-state index in [1.54, 1.807) is 0 Å². The summed E-state index contributed by atoms with van der Waals surface area (Å²) in [4.78, 5) is 0. The molecule has 1 atom stereocenters. The molecule has 108 valence electrons. The van der Waals surface area contributed by atoms with Crippen molar-refractivity contribution in [3.05, 3.63) is 46.8 Å². The highest BCUT2D eigenvalue weighted by atomic mass is 16.5. The fourth-order valence-corrected chi connectivity index (χ4v) is 2.44. The summed E-state index contributed by atoms with van der Waals surface area (Å²) in [5, 5.41) is 20.4. The number of ether oxygens (including phenoxy) is 1. The minimum Gasteiger partial charge on any atom is -0.369 e. The number of nitrogens with zero attached hydrogens (tertiary/aromatic N) is 4. The molecule has 1 aliphatic heterocycles. The zero-order valence-electron chi connectivity index (χ0n) is 11.9. The van der Waals surface area contributed by atoms with Gasteiger partial charge in [0.2, 0.25) is 0 Å². The number of rotatable bonds is 4. The van der Waals surface area contributed by atoms with Crippen molar-refractivity contribution in [3.8, 4) is 6.07 Å². The van der Waals surface area contributed by atoms with Crippen molar-refractivity contribution < 1.29 is 4.74 Å². The van der Waals surface area contributed by atoms with Crippen LogP contribution in [-0.4, -0.2) is 27.6 Å². The van der Waals surface area contributed by atoms with E-state index in [4.69, 9.17) is 10.00 Å². The van der Waals surface area contributed by atoms with Gasteiger partial charge < -0.3 is 10.1 Å². The molecule has 1 aromatic heterocycles. The van der Waals surface area contributed by atoms with Crippen LogP contribution in [0.15, 0.2) is 24.3 Å². The quantitative estimate of drug-likeness (QED) is 0.911. The normalized spacial score (nSPS) is 17.2. The van der Waals surface area contributed by atoms with Gasteiger partial charge in [-0.2, -0.15) is 5.26 Å². The number of benzene rings is 1. The Bertz CT molecular complexity index is 673. The molecular weight excluding hydrogens is 266 g/mol. The average molecular weight is 283 g/mol. The van der Waals surface area contributed by atoms with Crippen molar-refractivity contribution in [2.24, 2.45) is 0 Å². The molecule has 0 aliphatic carbocycles. The largest absolute Gasteiger partial charge is 0.369 e. The van der Waals surface area contributed by atoms with E-state index >= 15 is 0 Å². The Hall–Kier alpha value is -2.23. The van der Waals surface area contributed by atoms with Crippen LogP contribution >= 0.6 is 0 Å². The van der Waals surface area contributed by atoms with Crippen LogP contribution in [-0.2, 0) is 24.4 Å². The standard InChI is InChI=1S/C15H17N5O/c1-11-15-10-21-14(9-20(15)19-18-11)8-17-7-13-4-2-3-12(5-13)6-16/h2-5,14,17H,7-10H2,1H3. The van der Waals surface area contributed by atoms with Crippen LogP contribution in [0.1, 0.15) is 22.5 Å². The Kier molecular flexibility index (Phi) is 3.95. The van der Waals surface area contributed by atoms with Crippen LogP contribution in [0, 0.1) is 18.3 Å². The van der Waals surface area contributed by atoms with Crippen molar-refractivity contribution >= 4 is 0 Å². The molecule has 2 heterocycles. The molecule has 2 aromatic rings. The molecule has 0 spiro atoms. The van der Waals surface area contributed by atoms with Crippen molar-refractivity contribution in [1.29, 1.82) is 5.26 Å². The van der Waals surface area contributed by atoms with Crippen LogP contribution < -0.4 is 5.32 Å². The highest BCUT2D eigenvalue weighted by Gasteiger charge is 2.21. The Morgan fingerprint density at radius 2 is 2.43 bits per heavy atom. The van der Waals surface area contributed by atoms with Gasteiger partial charge >= 0.3 is 0 Å². The van der Waals surface area contributed by atoms with Gasteiger partial charge in [-0.1, -0.05) is 17.3 Å². The van der Waals surface area contributed by atoms with Crippen molar-refractivity contribution in [1.82, 2.24) is 20.3 Å². The van der Waals surface area contributed by atoms with Gasteiger partial charge in [0.1, 0.15) is 0 Å². The first-order valence-electron chi connectivity index (χ1n) is 6.96. The number of aryl methyl sites for hydroxylation is 1. The minimum atomic E-state index is 0.0951. The summed E-state index contributed by atoms with van der Waals surface area (Å²) in [6.45, 7) is 4.70. The molecule has 0 bridgehead atoms. The molecule has 3 rings (SSSR count). The monoisotopic (exact) mass is 283 g/mol. The third kappa shape index (κ3) is 3.10. The molecular formula is C15H17N5O. The number of hydrogen-bond acceptors (Lipinski definition) is 5. The second kappa shape index (κ2) is 6.04. The van der Waals surface area contributed by atoms with Gasteiger partial charge in [0.05, 0.1) is 42.3 Å². The zero-order valence-corrected chi connectivity index (χ0v) is 11.9. The summed E-state index contributed by atoms with van der Waals surface area (Å²) < 4.78 is 7.73. The number of nitrogens with one attached hydrogen (secondary N) is 1. The van der Waals surface area contributed by atoms with E-state index in [2.05, 4.69) is 21.7 Å². The van der Waals surface area contributed by atoms with Crippen molar-refractivity contribution in [2.75, 3.05) is 6.54 Å². The molecule has 21 heavy (non-hydrogen) atoms. The summed E-state index contributed by atoms with van der Waals surface area (Å²) in [5.74, 6) is 0. The van der Waals surface area contributed by atoms with Gasteiger partial charge in [0.15, 0.2) is 0 Å². The maximum atomic E-state index is 8.88. The second-order valence-electron chi connectivity index (χ2n) is 5.18. The molecule has 0 fully saturated rings. The van der Waals surface area contributed by atoms with Gasteiger partial charge in [0.25, 0.3) is 0 Å². The topological polar surface area (TPSA) is 75.8 Å². The predicted octanol–water partition coefficient (Wildman–Crippen LogP) is 1.15. The van der Waals surface area contributed by atoms with Crippen LogP contribution in [0.5, 0.6) is 0 Å². The van der Waals surface area contributed by atoms with E-state index in [0.29, 0.717) is 12.2 Å². The lowest BCUT2D eigenvalue weighted by Crippen LogP contribution is -2.36. The Labute approximate surface area is 123 Å². The lowest BCUT2D eigenvalue weighted by molar-refractivity contribution is 0.000692. The van der Waals surface area contributed by atoms with Gasteiger partial charge in [-0.15, -0.1) is 5.10 Å². The molecule has 1 unspecified atom stereocenters. The van der Waals surface area contributed by atoms with Crippen LogP contribution in [0.4, 0.5) is 0 Å². The molecule has 1 aliphatic rings. The molecule has 6 heteroatoms. The fraction of sp³-hybridized carbons (Fsp3) is 0.400. The Morgan fingerprint density at radius 3 is 3.29 bits per heavy atom. The van der Waals surface area contributed by atoms with E-state index in [1.165, 1.54) is 0 Å². The molecule has 0 saturated heterocycles. The van der Waals surface area contributed by atoms with E-state index in [0.717, 1.165) is 36.6 Å². The molecule has 0 radical (unpaired) electrons. The minimum absolute atomic E-state index is 0.0951. The average Bonchev–Trinajstić information content (AvgIpc) is 2.88. The summed E-state index contributed by atoms with van der Waals surface area (Å²) >= 11 is 0. The van der Waals surface area contributed by atoms with Gasteiger partial charge in [-0.25, -0.2) is 4.68 Å². The first kappa shape index (κ1) is 13.7. The Morgan fingerprint density at radius 1 is 1.52 bits per heavy atom. The second-order valence-corrected chi connectivity index (χ2v) is 5.18. The van der Waals surface area contributed by atoms with Gasteiger partial charge in [-0.05, 0) is 24.6 Å². The summed E-state index contributed by atoms with van der Waals surface area (Å²) in [6.07, 6.45) is 0.0951. The fourth-order valence-electron chi connectivity index (χ4n) is 2.44. The van der Waals surface area contributed by atoms with E-state index in [-0.39, 0.29) is 6.10 Å². The maximum Gasteiger partial charge on any atom is 0.0991 e. The first-order chi connectivity index (χ1) is 10.3. The predicted molar refractivity (Wildman–Crippen MR) is 76.2 cm³/mol. The summed E-state index contributed by atoms with van der Waals surface area (Å²) in [5.41, 5.74) is 3.79. The van der Waals surface area contributed by atoms with Crippen LogP contribution in [0.3, 0.4) is 0 Å². The zero-order chi connectivity index (χ0) is 14.7. The lowest BCUT2D eigenvalue weighted by atomic mass is 10.1. The van der Waals surface area contributed by atoms with Crippen molar-refractivity contribution in [2.45, 2.75) is 32.7 Å². The first-order valence-corrected chi connectivity index (χ1v) is 6.96. The third-order valence-corrected chi connectivity index (χ3v) is 3.62. The number of aromatic nitrogens is 3. The third-order valence-electron chi connectivity index (χ3n) is 3.62. The van der Waals surface area contributed by atoms with E-state index in [1.807, 2.05) is 35.9 Å². The molecule has 6 nitrogen and oxygen atoms in total. The Balaban J connectivity index is 1.51. The summed E-state index contributed by atoms with van der Waals surface area (Å²) in [6, 6.07) is 9.76. The number of hydrogen-bond donors (Lipinski definition) is 1. The smallest absolute Gasteiger partial charge is 0.0991 e. The van der Waals surface area contributed by atoms with E-state index in [9.17, 15) is 0 Å². The van der Waals surface area contributed by atoms with Gasteiger partial charge in [-0.3, -0.25) is 0 Å². The van der Waals surface area contributed by atoms with Crippen LogP contribution in [0.25, 0.3) is 0 Å². The summed E-state index contributed by atoms with van der Waals surface area (Å²) in [7, 11) is 0. The molecule has 0 saturated carbocycles. The highest BCUT2D eigenvalue weighted by molar-refractivity contribution is 5.32. The molecule has 1 aromatic carbocycles.